The molecule has 0 unspecified atom stereocenters. The van der Waals surface area contributed by atoms with Gasteiger partial charge in [0, 0.05) is 23.1 Å². The van der Waals surface area contributed by atoms with Crippen LogP contribution in [0.2, 0.25) is 0 Å². The summed E-state index contributed by atoms with van der Waals surface area (Å²) >= 11 is 0. The van der Waals surface area contributed by atoms with Gasteiger partial charge in [0.05, 0.1) is 18.1 Å². The largest absolute Gasteiger partial charge is 0.303 e. The zero-order valence-electron chi connectivity index (χ0n) is 16.2. The molecule has 2 bridgehead atoms. The molecular weight excluding hydrogens is 352 g/mol. The molecule has 0 N–H and O–H groups in total. The van der Waals surface area contributed by atoms with E-state index in [2.05, 4.69) is 26.8 Å². The van der Waals surface area contributed by atoms with Crippen LogP contribution in [0.1, 0.15) is 28.9 Å². The van der Waals surface area contributed by atoms with E-state index in [1.54, 1.807) is 12.4 Å². The lowest BCUT2D eigenvalue weighted by atomic mass is 9.85. The van der Waals surface area contributed by atoms with Gasteiger partial charge >= 0.3 is 0 Å². The van der Waals surface area contributed by atoms with Crippen molar-refractivity contribution in [3.63, 3.8) is 0 Å². The van der Waals surface area contributed by atoms with Crippen molar-refractivity contribution in [2.24, 2.45) is 28.8 Å². The van der Waals surface area contributed by atoms with E-state index in [0.717, 1.165) is 39.8 Å². The monoisotopic (exact) mass is 374 g/mol. The number of aryl methyl sites for hydroxylation is 2. The third kappa shape index (κ3) is 2.33. The van der Waals surface area contributed by atoms with Crippen molar-refractivity contribution < 1.29 is 9.59 Å². The SMILES string of the molecule is Cc1ccnc(-n2c(C)cc(C=NN3C(=O)[C@@H]4[C@H](C3=O)[C@H]3C=C[C@H]4C3)c2C)c1. The molecule has 3 heterocycles. The van der Waals surface area contributed by atoms with E-state index in [4.69, 9.17) is 0 Å². The van der Waals surface area contributed by atoms with Gasteiger partial charge in [0.25, 0.3) is 11.8 Å². The Labute approximate surface area is 163 Å². The van der Waals surface area contributed by atoms with Crippen molar-refractivity contribution in [1.82, 2.24) is 14.6 Å². The first-order chi connectivity index (χ1) is 13.5. The van der Waals surface area contributed by atoms with E-state index in [-0.39, 0.29) is 35.5 Å². The van der Waals surface area contributed by atoms with Crippen LogP contribution in [0, 0.1) is 44.4 Å². The predicted molar refractivity (Wildman–Crippen MR) is 105 cm³/mol. The van der Waals surface area contributed by atoms with Crippen molar-refractivity contribution in [3.8, 4) is 5.82 Å². The molecular formula is C22H22N4O2. The molecule has 1 aliphatic heterocycles. The molecule has 2 aromatic heterocycles. The van der Waals surface area contributed by atoms with Crippen LogP contribution in [0.4, 0.5) is 0 Å². The Balaban J connectivity index is 1.45. The number of allylic oxidation sites excluding steroid dienone is 2. The summed E-state index contributed by atoms with van der Waals surface area (Å²) < 4.78 is 2.06. The number of hydrogen-bond donors (Lipinski definition) is 0. The van der Waals surface area contributed by atoms with Crippen molar-refractivity contribution >= 4 is 18.0 Å². The second-order valence-electron chi connectivity index (χ2n) is 8.09. The van der Waals surface area contributed by atoms with Gasteiger partial charge in [0.15, 0.2) is 0 Å². The minimum absolute atomic E-state index is 0.155. The van der Waals surface area contributed by atoms with E-state index in [9.17, 15) is 9.59 Å². The number of aromatic nitrogens is 2. The van der Waals surface area contributed by atoms with Gasteiger partial charge in [-0.15, -0.1) is 0 Å². The Morgan fingerprint density at radius 1 is 1.07 bits per heavy atom. The highest BCUT2D eigenvalue weighted by atomic mass is 16.2. The molecule has 2 amide bonds. The fraction of sp³-hybridized carbons (Fsp3) is 0.364. The number of imide groups is 1. The third-order valence-electron chi connectivity index (χ3n) is 6.36. The van der Waals surface area contributed by atoms with Crippen molar-refractivity contribution in [2.75, 3.05) is 0 Å². The first-order valence-electron chi connectivity index (χ1n) is 9.68. The summed E-state index contributed by atoms with van der Waals surface area (Å²) in [4.78, 5) is 30.0. The molecule has 0 spiro atoms. The number of pyridine rings is 1. The van der Waals surface area contributed by atoms with Gasteiger partial charge in [0.1, 0.15) is 5.82 Å². The summed E-state index contributed by atoms with van der Waals surface area (Å²) in [6.07, 6.45) is 8.52. The lowest BCUT2D eigenvalue weighted by molar-refractivity contribution is -0.140. The number of carbonyl (C=O) groups excluding carboxylic acids is 2. The maximum Gasteiger partial charge on any atom is 0.254 e. The lowest BCUT2D eigenvalue weighted by Gasteiger charge is -2.13. The average molecular weight is 374 g/mol. The molecule has 1 saturated carbocycles. The van der Waals surface area contributed by atoms with E-state index >= 15 is 0 Å². The summed E-state index contributed by atoms with van der Waals surface area (Å²) in [6, 6.07) is 5.99. The zero-order chi connectivity index (χ0) is 19.6. The second-order valence-corrected chi connectivity index (χ2v) is 8.09. The maximum atomic E-state index is 12.8. The fourth-order valence-electron chi connectivity index (χ4n) is 5.03. The Hall–Kier alpha value is -3.02. The molecule has 3 aliphatic rings. The van der Waals surface area contributed by atoms with Crippen LogP contribution in [-0.2, 0) is 9.59 Å². The predicted octanol–water partition coefficient (Wildman–Crippen LogP) is 2.94. The smallest absolute Gasteiger partial charge is 0.254 e. The maximum absolute atomic E-state index is 12.8. The number of nitrogens with zero attached hydrogens (tertiary/aromatic N) is 4. The van der Waals surface area contributed by atoms with E-state index in [0.29, 0.717) is 0 Å². The highest BCUT2D eigenvalue weighted by molar-refractivity contribution is 6.06. The van der Waals surface area contributed by atoms with Gasteiger partial charge in [-0.1, -0.05) is 12.2 Å². The minimum Gasteiger partial charge on any atom is -0.303 e. The molecule has 2 aromatic rings. The minimum atomic E-state index is -0.219. The molecule has 0 aromatic carbocycles. The number of hydrazone groups is 1. The van der Waals surface area contributed by atoms with Crippen LogP contribution >= 0.6 is 0 Å². The first kappa shape index (κ1) is 17.1. The van der Waals surface area contributed by atoms with E-state index in [1.807, 2.05) is 39.0 Å². The van der Waals surface area contributed by atoms with Crippen LogP contribution in [-0.4, -0.2) is 32.6 Å². The molecule has 6 heteroatoms. The highest BCUT2D eigenvalue weighted by Gasteiger charge is 2.59. The van der Waals surface area contributed by atoms with Crippen molar-refractivity contribution in [3.05, 3.63) is 59.1 Å². The third-order valence-corrected chi connectivity index (χ3v) is 6.36. The first-order valence-corrected chi connectivity index (χ1v) is 9.68. The zero-order valence-corrected chi connectivity index (χ0v) is 16.2. The van der Waals surface area contributed by atoms with Gasteiger partial charge in [-0.2, -0.15) is 10.1 Å². The quantitative estimate of drug-likeness (QED) is 0.471. The van der Waals surface area contributed by atoms with Crippen LogP contribution in [0.15, 0.2) is 41.6 Å². The molecule has 5 rings (SSSR count). The number of amides is 2. The summed E-state index contributed by atoms with van der Waals surface area (Å²) in [5.74, 6) is 0.495. The molecule has 0 radical (unpaired) electrons. The van der Waals surface area contributed by atoms with Crippen LogP contribution < -0.4 is 0 Å². The van der Waals surface area contributed by atoms with Crippen LogP contribution in [0.3, 0.4) is 0 Å². The molecule has 6 nitrogen and oxygen atoms in total. The lowest BCUT2D eigenvalue weighted by Crippen LogP contribution is -2.28. The van der Waals surface area contributed by atoms with Gasteiger partial charge in [-0.3, -0.25) is 9.59 Å². The van der Waals surface area contributed by atoms with Crippen LogP contribution in [0.5, 0.6) is 0 Å². The van der Waals surface area contributed by atoms with Crippen molar-refractivity contribution in [2.45, 2.75) is 27.2 Å². The Kier molecular flexibility index (Phi) is 3.66. The molecule has 2 aliphatic carbocycles. The standard InChI is InChI=1S/C22H22N4O2/c1-12-6-7-23-18(8-12)25-13(2)9-17(14(25)3)11-24-26-21(27)19-15-4-5-16(10-15)20(19)22(26)28/h4-9,11,15-16,19-20H,10H2,1-3H3/t15-,16-,19-,20+/m0/s1. The van der Waals surface area contributed by atoms with Crippen molar-refractivity contribution in [1.29, 1.82) is 0 Å². The molecule has 142 valence electrons. The van der Waals surface area contributed by atoms with E-state index < -0.39 is 0 Å². The molecule has 4 atom stereocenters. The fourth-order valence-corrected chi connectivity index (χ4v) is 5.03. The van der Waals surface area contributed by atoms with E-state index in [1.165, 1.54) is 0 Å². The normalized spacial score (nSPS) is 28.2. The Bertz CT molecular complexity index is 1030. The number of rotatable bonds is 3. The number of fused-ring (bicyclic) bond motifs is 5. The summed E-state index contributed by atoms with van der Waals surface area (Å²) in [7, 11) is 0. The van der Waals surface area contributed by atoms with Crippen LogP contribution in [0.25, 0.3) is 5.82 Å². The molecule has 1 saturated heterocycles. The highest BCUT2D eigenvalue weighted by Crippen LogP contribution is 2.52. The molecule has 2 fully saturated rings. The van der Waals surface area contributed by atoms with Gasteiger partial charge in [-0.25, -0.2) is 4.98 Å². The summed E-state index contributed by atoms with van der Waals surface area (Å²) in [6.45, 7) is 6.03. The van der Waals surface area contributed by atoms with Gasteiger partial charge in [0.2, 0.25) is 0 Å². The second kappa shape index (κ2) is 5.99. The number of carbonyl (C=O) groups is 2. The Morgan fingerprint density at radius 2 is 1.75 bits per heavy atom. The summed E-state index contributed by atoms with van der Waals surface area (Å²) in [5.41, 5.74) is 4.01. The Morgan fingerprint density at radius 3 is 2.39 bits per heavy atom. The van der Waals surface area contributed by atoms with Gasteiger partial charge < -0.3 is 4.57 Å². The molecule has 28 heavy (non-hydrogen) atoms. The average Bonchev–Trinajstić information content (AvgIpc) is 3.39. The number of hydrogen-bond acceptors (Lipinski definition) is 4. The van der Waals surface area contributed by atoms with Gasteiger partial charge in [-0.05, 0) is 62.8 Å². The topological polar surface area (TPSA) is 67.6 Å². The summed E-state index contributed by atoms with van der Waals surface area (Å²) in [5, 5.41) is 5.40.